The Kier molecular flexibility index (Phi) is 2.52. The lowest BCUT2D eigenvalue weighted by Gasteiger charge is -2.26. The topological polar surface area (TPSA) is 15.3 Å². The SMILES string of the molecule is C[C@H]1CN(I)CCN1. The van der Waals surface area contributed by atoms with Gasteiger partial charge in [0.1, 0.15) is 0 Å². The Morgan fingerprint density at radius 2 is 2.50 bits per heavy atom. The van der Waals surface area contributed by atoms with Gasteiger partial charge in [0.15, 0.2) is 0 Å². The van der Waals surface area contributed by atoms with Gasteiger partial charge in [-0.25, -0.2) is 3.11 Å². The molecule has 0 aliphatic carbocycles. The fourth-order valence-corrected chi connectivity index (χ4v) is 1.72. The summed E-state index contributed by atoms with van der Waals surface area (Å²) in [7, 11) is 0. The number of nitrogens with zero attached hydrogens (tertiary/aromatic N) is 1. The molecule has 0 unspecified atom stereocenters. The summed E-state index contributed by atoms with van der Waals surface area (Å²) in [4.78, 5) is 0. The van der Waals surface area contributed by atoms with Crippen molar-refractivity contribution < 1.29 is 0 Å². The van der Waals surface area contributed by atoms with Crippen LogP contribution in [0, 0.1) is 0 Å². The molecule has 0 aromatic carbocycles. The smallest absolute Gasteiger partial charge is 0.0233 e. The molecule has 0 saturated carbocycles. The molecule has 2 nitrogen and oxygen atoms in total. The average molecular weight is 226 g/mol. The van der Waals surface area contributed by atoms with E-state index >= 15 is 0 Å². The molecule has 1 aliphatic heterocycles. The van der Waals surface area contributed by atoms with E-state index in [1.807, 2.05) is 0 Å². The summed E-state index contributed by atoms with van der Waals surface area (Å²) in [5, 5.41) is 3.37. The summed E-state index contributed by atoms with van der Waals surface area (Å²) >= 11 is 2.37. The van der Waals surface area contributed by atoms with Crippen LogP contribution in [-0.4, -0.2) is 28.8 Å². The van der Waals surface area contributed by atoms with Crippen LogP contribution in [0.3, 0.4) is 0 Å². The quantitative estimate of drug-likeness (QED) is 0.481. The molecule has 1 heterocycles. The van der Waals surface area contributed by atoms with Gasteiger partial charge in [0, 0.05) is 48.5 Å². The fraction of sp³-hybridized carbons (Fsp3) is 1.00. The molecule has 1 atom stereocenters. The predicted octanol–water partition coefficient (Wildman–Crippen LogP) is 0.630. The first kappa shape index (κ1) is 6.77. The summed E-state index contributed by atoms with van der Waals surface area (Å²) in [6, 6.07) is 0.681. The fourth-order valence-electron chi connectivity index (χ4n) is 0.885. The van der Waals surface area contributed by atoms with Gasteiger partial charge in [0.25, 0.3) is 0 Å². The third kappa shape index (κ3) is 1.87. The van der Waals surface area contributed by atoms with Crippen molar-refractivity contribution >= 4 is 22.9 Å². The molecule has 1 saturated heterocycles. The summed E-state index contributed by atoms with van der Waals surface area (Å²) < 4.78 is 2.32. The summed E-state index contributed by atoms with van der Waals surface area (Å²) in [5.74, 6) is 0. The minimum Gasteiger partial charge on any atom is -0.312 e. The van der Waals surface area contributed by atoms with E-state index in [-0.39, 0.29) is 0 Å². The molecule has 1 rings (SSSR count). The molecule has 48 valence electrons. The molecule has 0 radical (unpaired) electrons. The number of halogens is 1. The van der Waals surface area contributed by atoms with E-state index in [0.717, 1.165) is 6.54 Å². The summed E-state index contributed by atoms with van der Waals surface area (Å²) in [5.41, 5.74) is 0. The van der Waals surface area contributed by atoms with E-state index < -0.39 is 0 Å². The van der Waals surface area contributed by atoms with Gasteiger partial charge in [0.2, 0.25) is 0 Å². The predicted molar refractivity (Wildman–Crippen MR) is 43.1 cm³/mol. The van der Waals surface area contributed by atoms with E-state index in [2.05, 4.69) is 38.2 Å². The van der Waals surface area contributed by atoms with Crippen LogP contribution in [0.15, 0.2) is 0 Å². The Morgan fingerprint density at radius 1 is 1.75 bits per heavy atom. The van der Waals surface area contributed by atoms with Gasteiger partial charge >= 0.3 is 0 Å². The minimum absolute atomic E-state index is 0.681. The standard InChI is InChI=1S/C5H11IN2/c1-5-4-8(6)3-2-7-5/h5,7H,2-4H2,1H3/t5-/m0/s1. The van der Waals surface area contributed by atoms with E-state index in [9.17, 15) is 0 Å². The van der Waals surface area contributed by atoms with Gasteiger partial charge < -0.3 is 5.32 Å². The number of piperazine rings is 1. The van der Waals surface area contributed by atoms with Crippen LogP contribution in [0.5, 0.6) is 0 Å². The molecule has 1 fully saturated rings. The molecule has 0 aromatic heterocycles. The number of hydrogen-bond acceptors (Lipinski definition) is 2. The van der Waals surface area contributed by atoms with E-state index in [1.54, 1.807) is 0 Å². The van der Waals surface area contributed by atoms with Crippen molar-refractivity contribution in [3.8, 4) is 0 Å². The van der Waals surface area contributed by atoms with Crippen molar-refractivity contribution in [2.24, 2.45) is 0 Å². The molecule has 1 aliphatic rings. The van der Waals surface area contributed by atoms with Crippen LogP contribution in [0.1, 0.15) is 6.92 Å². The highest BCUT2D eigenvalue weighted by Gasteiger charge is 2.11. The molecule has 0 spiro atoms. The first-order valence-electron chi connectivity index (χ1n) is 2.93. The van der Waals surface area contributed by atoms with Crippen LogP contribution in [-0.2, 0) is 0 Å². The van der Waals surface area contributed by atoms with Crippen molar-refractivity contribution in [3.05, 3.63) is 0 Å². The Morgan fingerprint density at radius 3 is 2.88 bits per heavy atom. The second-order valence-electron chi connectivity index (χ2n) is 2.22. The number of hydrogen-bond donors (Lipinski definition) is 1. The highest BCUT2D eigenvalue weighted by Crippen LogP contribution is 2.02. The van der Waals surface area contributed by atoms with Gasteiger partial charge in [-0.3, -0.25) is 0 Å². The Balaban J connectivity index is 2.23. The summed E-state index contributed by atoms with van der Waals surface area (Å²) in [6.45, 7) is 5.72. The van der Waals surface area contributed by atoms with Crippen molar-refractivity contribution in [3.63, 3.8) is 0 Å². The maximum absolute atomic E-state index is 3.37. The normalized spacial score (nSPS) is 33.0. The maximum Gasteiger partial charge on any atom is 0.0233 e. The van der Waals surface area contributed by atoms with E-state index in [1.165, 1.54) is 13.1 Å². The second kappa shape index (κ2) is 2.98. The first-order valence-corrected chi connectivity index (χ1v) is 3.89. The molecule has 0 aromatic rings. The van der Waals surface area contributed by atoms with Crippen LogP contribution in [0.4, 0.5) is 0 Å². The first-order chi connectivity index (χ1) is 3.79. The van der Waals surface area contributed by atoms with Crippen LogP contribution in [0.25, 0.3) is 0 Å². The molecule has 1 N–H and O–H groups in total. The lowest BCUT2D eigenvalue weighted by atomic mass is 10.3. The van der Waals surface area contributed by atoms with Crippen molar-refractivity contribution in [2.75, 3.05) is 19.6 Å². The van der Waals surface area contributed by atoms with E-state index in [0.29, 0.717) is 6.04 Å². The maximum atomic E-state index is 3.37. The van der Waals surface area contributed by atoms with Gasteiger partial charge in [-0.15, -0.1) is 0 Å². The van der Waals surface area contributed by atoms with Crippen LogP contribution >= 0.6 is 22.9 Å². The number of rotatable bonds is 0. The zero-order valence-corrected chi connectivity index (χ0v) is 7.18. The zero-order chi connectivity index (χ0) is 5.98. The Bertz CT molecular complexity index is 68.8. The lowest BCUT2D eigenvalue weighted by molar-refractivity contribution is 0.356. The van der Waals surface area contributed by atoms with Crippen LogP contribution in [0.2, 0.25) is 0 Å². The third-order valence-corrected chi connectivity index (χ3v) is 2.20. The van der Waals surface area contributed by atoms with Crippen LogP contribution < -0.4 is 5.32 Å². The largest absolute Gasteiger partial charge is 0.312 e. The second-order valence-corrected chi connectivity index (χ2v) is 3.59. The Hall–Kier alpha value is 0.650. The molecule has 0 bridgehead atoms. The monoisotopic (exact) mass is 226 g/mol. The van der Waals surface area contributed by atoms with Crippen molar-refractivity contribution in [1.29, 1.82) is 0 Å². The zero-order valence-electron chi connectivity index (χ0n) is 5.02. The van der Waals surface area contributed by atoms with Gasteiger partial charge in [-0.05, 0) is 6.92 Å². The highest BCUT2D eigenvalue weighted by atomic mass is 127. The van der Waals surface area contributed by atoms with Crippen molar-refractivity contribution in [2.45, 2.75) is 13.0 Å². The van der Waals surface area contributed by atoms with Crippen molar-refractivity contribution in [1.82, 2.24) is 8.43 Å². The van der Waals surface area contributed by atoms with Gasteiger partial charge in [-0.2, -0.15) is 0 Å². The lowest BCUT2D eigenvalue weighted by Crippen LogP contribution is -2.44. The van der Waals surface area contributed by atoms with Gasteiger partial charge in [-0.1, -0.05) is 0 Å². The van der Waals surface area contributed by atoms with Gasteiger partial charge in [0.05, 0.1) is 0 Å². The molecule has 0 amide bonds. The van der Waals surface area contributed by atoms with E-state index in [4.69, 9.17) is 0 Å². The summed E-state index contributed by atoms with van der Waals surface area (Å²) in [6.07, 6.45) is 0. The third-order valence-electron chi connectivity index (χ3n) is 1.32. The average Bonchev–Trinajstić information content (AvgIpc) is 1.64. The highest BCUT2D eigenvalue weighted by molar-refractivity contribution is 14.1. The molecular formula is C5H11IN2. The molecule has 8 heavy (non-hydrogen) atoms. The molecular weight excluding hydrogens is 215 g/mol. The molecule has 3 heteroatoms. The minimum atomic E-state index is 0.681. The Labute approximate surface area is 64.1 Å². The number of nitrogens with one attached hydrogen (secondary N) is 1.